The number of nitrogens with one attached hydrogen (secondary N) is 1. The highest BCUT2D eigenvalue weighted by molar-refractivity contribution is 5.96. The number of rotatable bonds is 7. The molecule has 3 aromatic carbocycles. The van der Waals surface area contributed by atoms with Crippen LogP contribution in [0.1, 0.15) is 65.3 Å². The lowest BCUT2D eigenvalue weighted by molar-refractivity contribution is -0.110. The fourth-order valence-corrected chi connectivity index (χ4v) is 5.33. The Kier molecular flexibility index (Phi) is 9.20. The number of carboxylic acids is 1. The van der Waals surface area contributed by atoms with Gasteiger partial charge in [-0.1, -0.05) is 61.9 Å². The van der Waals surface area contributed by atoms with Crippen molar-refractivity contribution in [2.75, 3.05) is 13.1 Å². The summed E-state index contributed by atoms with van der Waals surface area (Å²) in [6.07, 6.45) is 2.80. The largest absolute Gasteiger partial charge is 0.478 e. The molecule has 4 aromatic rings. The minimum Gasteiger partial charge on any atom is -0.478 e. The quantitative estimate of drug-likeness (QED) is 0.271. The van der Waals surface area contributed by atoms with E-state index in [-0.39, 0.29) is 6.04 Å². The maximum Gasteiger partial charge on any atom is 0.335 e. The van der Waals surface area contributed by atoms with Gasteiger partial charge in [-0.3, -0.25) is 9.69 Å². The molecule has 1 aromatic heterocycles. The van der Waals surface area contributed by atoms with E-state index < -0.39 is 5.97 Å². The number of carboxylic acid groups (broad SMARTS) is 1. The molecule has 0 aliphatic carbocycles. The van der Waals surface area contributed by atoms with Gasteiger partial charge in [-0.15, -0.1) is 0 Å². The Balaban J connectivity index is 0.000000298. The van der Waals surface area contributed by atoms with Crippen molar-refractivity contribution in [1.82, 2.24) is 14.8 Å². The molecule has 1 saturated heterocycles. The summed E-state index contributed by atoms with van der Waals surface area (Å²) < 4.78 is 2.20. The van der Waals surface area contributed by atoms with Gasteiger partial charge in [-0.2, -0.15) is 0 Å². The van der Waals surface area contributed by atoms with Gasteiger partial charge in [0.1, 0.15) is 0 Å². The minimum absolute atomic E-state index is 0.165. The molecule has 1 fully saturated rings. The summed E-state index contributed by atoms with van der Waals surface area (Å²) in [7, 11) is 0. The Bertz CT molecular complexity index is 1410. The fraction of sp³-hybridized carbons (Fsp3) is 0.333. The van der Waals surface area contributed by atoms with Crippen molar-refractivity contribution in [3.8, 4) is 5.69 Å². The number of aryl methyl sites for hydroxylation is 1. The molecule has 39 heavy (non-hydrogen) atoms. The van der Waals surface area contributed by atoms with Crippen molar-refractivity contribution in [3.63, 3.8) is 0 Å². The Morgan fingerprint density at radius 2 is 1.77 bits per heavy atom. The number of fused-ring (bicyclic) bond motifs is 1. The number of amides is 1. The first kappa shape index (κ1) is 28.1. The monoisotopic (exact) mass is 525 g/mol. The number of piperidine rings is 1. The molecule has 0 saturated carbocycles. The number of para-hydroxylation sites is 1. The van der Waals surface area contributed by atoms with E-state index in [4.69, 9.17) is 0 Å². The third-order valence-electron chi connectivity index (χ3n) is 7.53. The maximum absolute atomic E-state index is 11.6. The number of carbonyl (C=O) groups is 2. The Morgan fingerprint density at radius 3 is 2.41 bits per heavy atom. The number of carbonyl (C=O) groups excluding carboxylic acids is 1. The van der Waals surface area contributed by atoms with Crippen LogP contribution in [0.3, 0.4) is 0 Å². The normalized spacial score (nSPS) is 15.6. The molecule has 1 amide bonds. The second-order valence-electron chi connectivity index (χ2n) is 10.7. The van der Waals surface area contributed by atoms with Gasteiger partial charge in [-0.05, 0) is 80.6 Å². The lowest BCUT2D eigenvalue weighted by Crippen LogP contribution is -2.44. The maximum atomic E-state index is 11.6. The lowest BCUT2D eigenvalue weighted by Gasteiger charge is -2.32. The van der Waals surface area contributed by atoms with Crippen molar-refractivity contribution in [1.29, 1.82) is 0 Å². The predicted molar refractivity (Wildman–Crippen MR) is 158 cm³/mol. The zero-order valence-corrected chi connectivity index (χ0v) is 23.4. The molecule has 6 heteroatoms. The van der Waals surface area contributed by atoms with Crippen LogP contribution in [-0.2, 0) is 11.3 Å². The number of aromatic nitrogens is 1. The molecular formula is C33H39N3O3. The highest BCUT2D eigenvalue weighted by atomic mass is 16.4. The highest BCUT2D eigenvalue weighted by Gasteiger charge is 2.23. The summed E-state index contributed by atoms with van der Waals surface area (Å²) in [5.74, 6) is -0.267. The molecule has 2 N–H and O–H groups in total. The van der Waals surface area contributed by atoms with Gasteiger partial charge in [0.05, 0.1) is 11.1 Å². The lowest BCUT2D eigenvalue weighted by atomic mass is 10.0. The van der Waals surface area contributed by atoms with Gasteiger partial charge >= 0.3 is 5.97 Å². The molecule has 5 rings (SSSR count). The Morgan fingerprint density at radius 1 is 1.05 bits per heavy atom. The van der Waals surface area contributed by atoms with E-state index in [9.17, 15) is 14.7 Å². The van der Waals surface area contributed by atoms with Gasteiger partial charge < -0.3 is 15.0 Å². The minimum atomic E-state index is -0.920. The topological polar surface area (TPSA) is 74.6 Å². The van der Waals surface area contributed by atoms with E-state index >= 15 is 0 Å². The van der Waals surface area contributed by atoms with Crippen LogP contribution in [0.4, 0.5) is 0 Å². The summed E-state index contributed by atoms with van der Waals surface area (Å²) in [6, 6.07) is 24.3. The van der Waals surface area contributed by atoms with Gasteiger partial charge in [0.25, 0.3) is 0 Å². The first-order chi connectivity index (χ1) is 18.8. The fourth-order valence-electron chi connectivity index (χ4n) is 5.33. The molecule has 1 atom stereocenters. The van der Waals surface area contributed by atoms with Crippen LogP contribution >= 0.6 is 0 Å². The van der Waals surface area contributed by atoms with Crippen molar-refractivity contribution in [3.05, 3.63) is 101 Å². The molecule has 1 aliphatic rings. The summed E-state index contributed by atoms with van der Waals surface area (Å²) in [4.78, 5) is 24.7. The van der Waals surface area contributed by atoms with Crippen molar-refractivity contribution < 1.29 is 14.7 Å². The van der Waals surface area contributed by atoms with Gasteiger partial charge in [0.15, 0.2) is 0 Å². The molecule has 0 radical (unpaired) electrons. The van der Waals surface area contributed by atoms with Crippen LogP contribution in [0.5, 0.6) is 0 Å². The van der Waals surface area contributed by atoms with Crippen LogP contribution in [0, 0.1) is 13.8 Å². The second-order valence-corrected chi connectivity index (χ2v) is 10.7. The molecule has 6 nitrogen and oxygen atoms in total. The Hall–Kier alpha value is -3.90. The van der Waals surface area contributed by atoms with Crippen LogP contribution in [-0.4, -0.2) is 46.1 Å². The standard InChI is InChI=1S/C23H25N3O3.C10H14/c1-16-21(14-25-11-5-6-18(13-25)24-15-27)20-12-17(23(28)29)9-10-22(20)26(16)19-7-3-2-4-8-19;1-8(2)10-6-4-9(3)5-7-10/h2-4,7-10,12,15,18H,5-6,11,13-14H2,1H3,(H,24,27)(H,28,29);4-8H,1-3H3. The number of likely N-dealkylation sites (tertiary alicyclic amines) is 1. The Labute approximate surface area is 231 Å². The summed E-state index contributed by atoms with van der Waals surface area (Å²) in [6.45, 7) is 11.1. The van der Waals surface area contributed by atoms with E-state index in [0.29, 0.717) is 11.5 Å². The average molecular weight is 526 g/mol. The molecule has 1 unspecified atom stereocenters. The van der Waals surface area contributed by atoms with Crippen LogP contribution in [0.25, 0.3) is 16.6 Å². The molecule has 1 aliphatic heterocycles. The predicted octanol–water partition coefficient (Wildman–Crippen LogP) is 6.47. The number of hydrogen-bond donors (Lipinski definition) is 2. The van der Waals surface area contributed by atoms with Crippen molar-refractivity contribution >= 4 is 23.3 Å². The van der Waals surface area contributed by atoms with Crippen molar-refractivity contribution in [2.24, 2.45) is 0 Å². The third-order valence-corrected chi connectivity index (χ3v) is 7.53. The van der Waals surface area contributed by atoms with Crippen LogP contribution in [0.15, 0.2) is 72.8 Å². The smallest absolute Gasteiger partial charge is 0.335 e. The van der Waals surface area contributed by atoms with Gasteiger partial charge in [-0.25, -0.2) is 4.79 Å². The van der Waals surface area contributed by atoms with E-state index in [1.54, 1.807) is 12.1 Å². The molecule has 0 bridgehead atoms. The zero-order valence-electron chi connectivity index (χ0n) is 23.4. The number of hydrogen-bond acceptors (Lipinski definition) is 3. The molecule has 2 heterocycles. The molecule has 204 valence electrons. The third kappa shape index (κ3) is 6.76. The number of benzene rings is 3. The van der Waals surface area contributed by atoms with E-state index in [2.05, 4.69) is 78.9 Å². The van der Waals surface area contributed by atoms with Crippen LogP contribution in [0.2, 0.25) is 0 Å². The van der Waals surface area contributed by atoms with Crippen molar-refractivity contribution in [2.45, 2.75) is 59.0 Å². The second kappa shape index (κ2) is 12.8. The van der Waals surface area contributed by atoms with E-state index in [1.807, 2.05) is 24.3 Å². The summed E-state index contributed by atoms with van der Waals surface area (Å²) >= 11 is 0. The van der Waals surface area contributed by atoms with Gasteiger partial charge in [0.2, 0.25) is 6.41 Å². The molecule has 0 spiro atoms. The zero-order chi connectivity index (χ0) is 27.9. The summed E-state index contributed by atoms with van der Waals surface area (Å²) in [5.41, 5.74) is 7.37. The summed E-state index contributed by atoms with van der Waals surface area (Å²) in [5, 5.41) is 13.4. The van der Waals surface area contributed by atoms with E-state index in [0.717, 1.165) is 66.7 Å². The first-order valence-electron chi connectivity index (χ1n) is 13.7. The molecular weight excluding hydrogens is 486 g/mol. The van der Waals surface area contributed by atoms with E-state index in [1.165, 1.54) is 11.1 Å². The average Bonchev–Trinajstić information content (AvgIpc) is 3.20. The highest BCUT2D eigenvalue weighted by Crippen LogP contribution is 2.31. The van der Waals surface area contributed by atoms with Gasteiger partial charge in [0, 0.05) is 35.9 Å². The SMILES string of the molecule is Cc1c(CN2CCCC(NC=O)C2)c2cc(C(=O)O)ccc2n1-c1ccccc1.Cc1ccc(C(C)C)cc1. The number of nitrogens with zero attached hydrogens (tertiary/aromatic N) is 2. The first-order valence-corrected chi connectivity index (χ1v) is 13.7. The van der Waals surface area contributed by atoms with Crippen LogP contribution < -0.4 is 5.32 Å². The number of aromatic carboxylic acids is 1.